The largest absolute Gasteiger partial charge is 0.481 e. The van der Waals surface area contributed by atoms with Crippen molar-refractivity contribution in [3.8, 4) is 0 Å². The first kappa shape index (κ1) is 10.3. The number of allylic oxidation sites excluding steroid dienone is 1. The molecule has 0 radical (unpaired) electrons. The number of aliphatic carboxylic acids is 1. The van der Waals surface area contributed by atoms with Crippen LogP contribution in [0, 0.1) is 5.41 Å². The fraction of sp³-hybridized carbons (Fsp3) is 0.700. The summed E-state index contributed by atoms with van der Waals surface area (Å²) in [6.07, 6.45) is 5.63. The Balaban J connectivity index is 2.68. The molecule has 13 heavy (non-hydrogen) atoms. The zero-order valence-corrected chi connectivity index (χ0v) is 7.86. The molecule has 0 amide bonds. The molecule has 2 N–H and O–H groups in total. The molecule has 0 bridgehead atoms. The number of carboxylic acids is 1. The number of hydrogen-bond donors (Lipinski definition) is 2. The minimum absolute atomic E-state index is 0.473. The summed E-state index contributed by atoms with van der Waals surface area (Å²) in [6, 6.07) is 0. The van der Waals surface area contributed by atoms with Crippen LogP contribution >= 0.6 is 0 Å². The highest BCUT2D eigenvalue weighted by Gasteiger charge is 2.32. The van der Waals surface area contributed by atoms with Crippen LogP contribution in [0.15, 0.2) is 12.2 Å². The van der Waals surface area contributed by atoms with Gasteiger partial charge in [0.05, 0.1) is 11.5 Å². The quantitative estimate of drug-likeness (QED) is 0.608. The molecule has 0 fully saturated rings. The van der Waals surface area contributed by atoms with Crippen LogP contribution in [0.5, 0.6) is 0 Å². The summed E-state index contributed by atoms with van der Waals surface area (Å²) in [4.78, 5) is 10.9. The molecule has 0 unspecified atom stereocenters. The lowest BCUT2D eigenvalue weighted by Gasteiger charge is -2.26. The second kappa shape index (κ2) is 3.92. The van der Waals surface area contributed by atoms with E-state index < -0.39 is 17.5 Å². The van der Waals surface area contributed by atoms with E-state index in [1.807, 2.05) is 6.08 Å². The highest BCUT2D eigenvalue weighted by Crippen LogP contribution is 2.31. The molecule has 2 atom stereocenters. The molecule has 0 saturated carbocycles. The predicted molar refractivity (Wildman–Crippen MR) is 49.4 cm³/mol. The maximum absolute atomic E-state index is 10.9. The fourth-order valence-electron chi connectivity index (χ4n) is 1.56. The summed E-state index contributed by atoms with van der Waals surface area (Å²) >= 11 is 0. The first-order valence-corrected chi connectivity index (χ1v) is 4.63. The van der Waals surface area contributed by atoms with Crippen LogP contribution in [0.4, 0.5) is 0 Å². The van der Waals surface area contributed by atoms with E-state index in [0.717, 1.165) is 6.42 Å². The topological polar surface area (TPSA) is 57.5 Å². The Morgan fingerprint density at radius 3 is 2.85 bits per heavy atom. The van der Waals surface area contributed by atoms with Crippen molar-refractivity contribution in [2.45, 2.75) is 38.7 Å². The monoisotopic (exact) mass is 184 g/mol. The molecule has 0 aliphatic heterocycles. The van der Waals surface area contributed by atoms with Crippen LogP contribution in [0.25, 0.3) is 0 Å². The average Bonchev–Trinajstić information content (AvgIpc) is 2.06. The van der Waals surface area contributed by atoms with Gasteiger partial charge in [0.25, 0.3) is 0 Å². The molecule has 3 heteroatoms. The van der Waals surface area contributed by atoms with Crippen molar-refractivity contribution >= 4 is 5.97 Å². The third kappa shape index (κ3) is 2.56. The van der Waals surface area contributed by atoms with Crippen LogP contribution in [0.1, 0.15) is 32.6 Å². The van der Waals surface area contributed by atoms with E-state index in [4.69, 9.17) is 5.11 Å². The molecule has 0 spiro atoms. The SMILES string of the molecule is C[C@]1(C(=O)O)CC/C=C/[C@@H](O)CC1. The molecular formula is C10H16O3. The van der Waals surface area contributed by atoms with Gasteiger partial charge in [0.2, 0.25) is 0 Å². The number of hydrogen-bond acceptors (Lipinski definition) is 2. The first-order valence-electron chi connectivity index (χ1n) is 4.63. The molecule has 0 aromatic heterocycles. The Labute approximate surface area is 78.1 Å². The molecule has 0 aromatic carbocycles. The van der Waals surface area contributed by atoms with E-state index in [9.17, 15) is 9.90 Å². The van der Waals surface area contributed by atoms with E-state index in [2.05, 4.69) is 0 Å². The Morgan fingerprint density at radius 1 is 1.54 bits per heavy atom. The summed E-state index contributed by atoms with van der Waals surface area (Å²) in [6.45, 7) is 1.75. The van der Waals surface area contributed by atoms with Crippen LogP contribution in [-0.2, 0) is 4.79 Å². The summed E-state index contributed by atoms with van der Waals surface area (Å²) in [7, 11) is 0. The molecule has 3 nitrogen and oxygen atoms in total. The molecule has 1 aliphatic rings. The van der Waals surface area contributed by atoms with Gasteiger partial charge >= 0.3 is 5.97 Å². The third-order valence-corrected chi connectivity index (χ3v) is 2.73. The molecule has 1 rings (SSSR count). The van der Waals surface area contributed by atoms with Crippen molar-refractivity contribution in [1.82, 2.24) is 0 Å². The number of carbonyl (C=O) groups is 1. The zero-order valence-electron chi connectivity index (χ0n) is 7.86. The normalized spacial score (nSPS) is 37.5. The van der Waals surface area contributed by atoms with E-state index in [-0.39, 0.29) is 0 Å². The van der Waals surface area contributed by atoms with Gasteiger partial charge in [0.1, 0.15) is 0 Å². The Hall–Kier alpha value is -0.830. The van der Waals surface area contributed by atoms with Crippen molar-refractivity contribution in [2.75, 3.05) is 0 Å². The lowest BCUT2D eigenvalue weighted by Crippen LogP contribution is -2.29. The summed E-state index contributed by atoms with van der Waals surface area (Å²) in [5.41, 5.74) is -0.661. The molecule has 0 heterocycles. The minimum Gasteiger partial charge on any atom is -0.481 e. The van der Waals surface area contributed by atoms with Crippen molar-refractivity contribution in [3.05, 3.63) is 12.2 Å². The van der Waals surface area contributed by atoms with Gasteiger partial charge in [-0.05, 0) is 32.6 Å². The van der Waals surface area contributed by atoms with Crippen molar-refractivity contribution in [3.63, 3.8) is 0 Å². The molecule has 0 aromatic rings. The lowest BCUT2D eigenvalue weighted by molar-refractivity contribution is -0.149. The van der Waals surface area contributed by atoms with E-state index in [1.54, 1.807) is 13.0 Å². The molecular weight excluding hydrogens is 168 g/mol. The lowest BCUT2D eigenvalue weighted by atomic mass is 9.79. The summed E-state index contributed by atoms with van der Waals surface area (Å²) in [5, 5.41) is 18.3. The summed E-state index contributed by atoms with van der Waals surface area (Å²) < 4.78 is 0. The molecule has 1 aliphatic carbocycles. The zero-order chi connectivity index (χ0) is 9.90. The number of carboxylic acid groups (broad SMARTS) is 1. The molecule has 74 valence electrons. The van der Waals surface area contributed by atoms with Crippen molar-refractivity contribution < 1.29 is 15.0 Å². The second-order valence-corrected chi connectivity index (χ2v) is 3.94. The standard InChI is InChI=1S/C10H16O3/c1-10(9(12)13)6-3-2-4-8(11)5-7-10/h2,4,8,11H,3,5-7H2,1H3,(H,12,13)/b4-2+/t8-,10+/m1/s1. The van der Waals surface area contributed by atoms with Crippen molar-refractivity contribution in [1.29, 1.82) is 0 Å². The first-order chi connectivity index (χ1) is 6.04. The number of aliphatic hydroxyl groups excluding tert-OH is 1. The predicted octanol–water partition coefficient (Wildman–Crippen LogP) is 1.57. The van der Waals surface area contributed by atoms with Gasteiger partial charge in [-0.25, -0.2) is 0 Å². The second-order valence-electron chi connectivity index (χ2n) is 3.94. The van der Waals surface area contributed by atoms with Gasteiger partial charge in [0, 0.05) is 0 Å². The van der Waals surface area contributed by atoms with Gasteiger partial charge in [-0.3, -0.25) is 4.79 Å². The van der Waals surface area contributed by atoms with Crippen LogP contribution < -0.4 is 0 Å². The van der Waals surface area contributed by atoms with Crippen LogP contribution in [0.3, 0.4) is 0 Å². The minimum atomic E-state index is -0.755. The maximum Gasteiger partial charge on any atom is 0.309 e. The van der Waals surface area contributed by atoms with Crippen molar-refractivity contribution in [2.24, 2.45) is 5.41 Å². The Kier molecular flexibility index (Phi) is 3.09. The van der Waals surface area contributed by atoms with Gasteiger partial charge in [0.15, 0.2) is 0 Å². The maximum atomic E-state index is 10.9. The van der Waals surface area contributed by atoms with E-state index in [1.165, 1.54) is 0 Å². The number of rotatable bonds is 1. The summed E-state index contributed by atoms with van der Waals surface area (Å²) in [5.74, 6) is -0.755. The van der Waals surface area contributed by atoms with Crippen LogP contribution in [0.2, 0.25) is 0 Å². The van der Waals surface area contributed by atoms with Crippen LogP contribution in [-0.4, -0.2) is 22.3 Å². The smallest absolute Gasteiger partial charge is 0.309 e. The number of aliphatic hydroxyl groups is 1. The Morgan fingerprint density at radius 2 is 2.23 bits per heavy atom. The highest BCUT2D eigenvalue weighted by atomic mass is 16.4. The van der Waals surface area contributed by atoms with Gasteiger partial charge in [-0.2, -0.15) is 0 Å². The third-order valence-electron chi connectivity index (χ3n) is 2.73. The van der Waals surface area contributed by atoms with Gasteiger partial charge < -0.3 is 10.2 Å². The van der Waals surface area contributed by atoms with Gasteiger partial charge in [-0.1, -0.05) is 12.2 Å². The van der Waals surface area contributed by atoms with Gasteiger partial charge in [-0.15, -0.1) is 0 Å². The average molecular weight is 184 g/mol. The fourth-order valence-corrected chi connectivity index (χ4v) is 1.56. The van der Waals surface area contributed by atoms with E-state index in [0.29, 0.717) is 19.3 Å². The molecule has 0 saturated heterocycles. The van der Waals surface area contributed by atoms with E-state index >= 15 is 0 Å². The highest BCUT2D eigenvalue weighted by molar-refractivity contribution is 5.74. The Bertz CT molecular complexity index is 222.